The van der Waals surface area contributed by atoms with Gasteiger partial charge in [-0.2, -0.15) is 13.2 Å². The number of halogens is 3. The number of nitrogens with zero attached hydrogens (tertiary/aromatic N) is 3. The van der Waals surface area contributed by atoms with Gasteiger partial charge in [-0.3, -0.25) is 10.1 Å². The molecule has 2 aliphatic rings. The highest BCUT2D eigenvalue weighted by Crippen LogP contribution is 2.32. The minimum absolute atomic E-state index is 0.0876. The average Bonchev–Trinajstić information content (AvgIpc) is 3.38. The summed E-state index contributed by atoms with van der Waals surface area (Å²) in [5.74, 6) is 0.410. The molecule has 0 bridgehead atoms. The van der Waals surface area contributed by atoms with Crippen molar-refractivity contribution in [1.82, 2.24) is 10.3 Å². The van der Waals surface area contributed by atoms with Gasteiger partial charge in [0.05, 0.1) is 16.7 Å². The summed E-state index contributed by atoms with van der Waals surface area (Å²) in [5, 5.41) is 18.2. The Balaban J connectivity index is 1.21. The fourth-order valence-corrected chi connectivity index (χ4v) is 5.40. The molecule has 2 heterocycles. The first-order valence-corrected chi connectivity index (χ1v) is 12.9. The third-order valence-electron chi connectivity index (χ3n) is 7.37. The predicted octanol–water partition coefficient (Wildman–Crippen LogP) is 6.25. The maximum atomic E-state index is 12.9. The number of nitro benzene ring substituents is 1. The zero-order chi connectivity index (χ0) is 26.7. The van der Waals surface area contributed by atoms with Gasteiger partial charge in [0.15, 0.2) is 5.76 Å². The van der Waals surface area contributed by atoms with E-state index in [1.165, 1.54) is 18.3 Å². The van der Waals surface area contributed by atoms with E-state index < -0.39 is 11.7 Å². The Morgan fingerprint density at radius 1 is 0.974 bits per heavy atom. The molecular formula is C27H30F3N5O3. The normalized spacial score (nSPS) is 22.3. The van der Waals surface area contributed by atoms with Gasteiger partial charge >= 0.3 is 6.18 Å². The van der Waals surface area contributed by atoms with Crippen molar-refractivity contribution in [2.75, 3.05) is 23.3 Å². The van der Waals surface area contributed by atoms with Crippen LogP contribution in [0.3, 0.4) is 0 Å². The molecule has 8 nitrogen and oxygen atoms in total. The number of hydrogen-bond donors (Lipinski definition) is 2. The lowest BCUT2D eigenvalue weighted by molar-refractivity contribution is -0.384. The Bertz CT molecular complexity index is 1230. The van der Waals surface area contributed by atoms with Gasteiger partial charge in [0.1, 0.15) is 0 Å². The fourth-order valence-electron chi connectivity index (χ4n) is 5.40. The lowest BCUT2D eigenvalue weighted by Gasteiger charge is -2.40. The number of benzene rings is 2. The smallest absolute Gasteiger partial charge is 0.416 e. The van der Waals surface area contributed by atoms with Gasteiger partial charge in [0.2, 0.25) is 0 Å². The molecule has 0 radical (unpaired) electrons. The van der Waals surface area contributed by atoms with Crippen molar-refractivity contribution >= 4 is 17.4 Å². The van der Waals surface area contributed by atoms with E-state index in [1.54, 1.807) is 12.1 Å². The van der Waals surface area contributed by atoms with E-state index in [2.05, 4.69) is 20.5 Å². The molecule has 2 N–H and O–H groups in total. The van der Waals surface area contributed by atoms with Crippen LogP contribution in [0.25, 0.3) is 11.3 Å². The number of hydrogen-bond acceptors (Lipinski definition) is 7. The highest BCUT2D eigenvalue weighted by Gasteiger charge is 2.31. The van der Waals surface area contributed by atoms with Gasteiger partial charge in [-0.15, -0.1) is 0 Å². The Morgan fingerprint density at radius 3 is 2.37 bits per heavy atom. The van der Waals surface area contributed by atoms with Crippen molar-refractivity contribution in [3.8, 4) is 11.3 Å². The van der Waals surface area contributed by atoms with Crippen LogP contribution in [0.4, 0.5) is 30.6 Å². The predicted molar refractivity (Wildman–Crippen MR) is 138 cm³/mol. The highest BCUT2D eigenvalue weighted by atomic mass is 19.4. The number of anilines is 2. The van der Waals surface area contributed by atoms with Crippen LogP contribution in [-0.2, 0) is 6.18 Å². The third kappa shape index (κ3) is 6.09. The molecule has 0 amide bonds. The lowest BCUT2D eigenvalue weighted by Crippen LogP contribution is -2.54. The molecule has 1 aliphatic heterocycles. The molecule has 1 aliphatic carbocycles. The van der Waals surface area contributed by atoms with Gasteiger partial charge in [-0.05, 0) is 49.9 Å². The van der Waals surface area contributed by atoms with Crippen LogP contribution in [0.1, 0.15) is 44.1 Å². The summed E-state index contributed by atoms with van der Waals surface area (Å²) >= 11 is 0. The van der Waals surface area contributed by atoms with Crippen LogP contribution in [0.15, 0.2) is 59.1 Å². The summed E-state index contributed by atoms with van der Waals surface area (Å²) in [6, 6.07) is 12.5. The summed E-state index contributed by atoms with van der Waals surface area (Å²) < 4.78 is 44.4. The molecule has 2 unspecified atom stereocenters. The Hall–Kier alpha value is -3.60. The molecule has 5 rings (SSSR count). The quantitative estimate of drug-likeness (QED) is 0.276. The summed E-state index contributed by atoms with van der Waals surface area (Å²) in [5.41, 5.74) is 0.899. The first-order chi connectivity index (χ1) is 18.3. The first-order valence-electron chi connectivity index (χ1n) is 12.9. The van der Waals surface area contributed by atoms with Crippen molar-refractivity contribution in [2.24, 2.45) is 0 Å². The third-order valence-corrected chi connectivity index (χ3v) is 7.37. The molecule has 3 aromatic rings. The van der Waals surface area contributed by atoms with E-state index in [-0.39, 0.29) is 28.7 Å². The molecule has 11 heteroatoms. The molecule has 1 saturated heterocycles. The number of aromatic nitrogens is 1. The largest absolute Gasteiger partial charge is 0.424 e. The monoisotopic (exact) mass is 529 g/mol. The van der Waals surface area contributed by atoms with Crippen LogP contribution in [0, 0.1) is 10.1 Å². The van der Waals surface area contributed by atoms with Gasteiger partial charge in [-0.25, -0.2) is 4.98 Å². The van der Waals surface area contributed by atoms with Crippen molar-refractivity contribution in [2.45, 2.75) is 62.8 Å². The summed E-state index contributed by atoms with van der Waals surface area (Å²) in [6.07, 6.45) is 3.39. The van der Waals surface area contributed by atoms with Crippen molar-refractivity contribution in [1.29, 1.82) is 0 Å². The van der Waals surface area contributed by atoms with Gasteiger partial charge in [0.25, 0.3) is 11.7 Å². The topological polar surface area (TPSA) is 96.5 Å². The van der Waals surface area contributed by atoms with Gasteiger partial charge in [-0.1, -0.05) is 25.0 Å². The van der Waals surface area contributed by atoms with E-state index in [4.69, 9.17) is 4.42 Å². The molecular weight excluding hydrogens is 499 g/mol. The van der Waals surface area contributed by atoms with Crippen LogP contribution in [0.5, 0.6) is 0 Å². The molecule has 0 spiro atoms. The van der Waals surface area contributed by atoms with E-state index in [9.17, 15) is 23.3 Å². The average molecular weight is 530 g/mol. The number of oxazole rings is 1. The lowest BCUT2D eigenvalue weighted by atomic mass is 9.89. The maximum Gasteiger partial charge on any atom is 0.416 e. The van der Waals surface area contributed by atoms with Crippen molar-refractivity contribution < 1.29 is 22.5 Å². The number of rotatable bonds is 7. The first kappa shape index (κ1) is 26.0. The molecule has 38 heavy (non-hydrogen) atoms. The molecule has 202 valence electrons. The SMILES string of the molecule is O=[N+]([O-])c1ccc(N2CCC[C@H](NC3CCCCC3Nc3ncc(-c4ccc(C(F)(F)F)cc4)o3)C2)cc1. The Morgan fingerprint density at radius 2 is 1.68 bits per heavy atom. The van der Waals surface area contributed by atoms with Crippen LogP contribution in [0.2, 0.25) is 0 Å². The van der Waals surface area contributed by atoms with Crippen LogP contribution in [-0.4, -0.2) is 41.1 Å². The number of alkyl halides is 3. The number of nitro groups is 1. The van der Waals surface area contributed by atoms with Crippen molar-refractivity contribution in [3.63, 3.8) is 0 Å². The van der Waals surface area contributed by atoms with E-state index >= 15 is 0 Å². The molecule has 1 aromatic heterocycles. The maximum absolute atomic E-state index is 12.9. The number of nitrogens with one attached hydrogen (secondary N) is 2. The second kappa shape index (κ2) is 11.0. The number of piperidine rings is 1. The van der Waals surface area contributed by atoms with E-state index in [1.807, 2.05) is 12.1 Å². The zero-order valence-electron chi connectivity index (χ0n) is 20.8. The van der Waals surface area contributed by atoms with Gasteiger partial charge < -0.3 is 20.0 Å². The fraction of sp³-hybridized carbons (Fsp3) is 0.444. The molecule has 1 saturated carbocycles. The second-order valence-corrected chi connectivity index (χ2v) is 9.97. The second-order valence-electron chi connectivity index (χ2n) is 9.97. The van der Waals surface area contributed by atoms with Crippen LogP contribution < -0.4 is 15.5 Å². The zero-order valence-corrected chi connectivity index (χ0v) is 20.8. The van der Waals surface area contributed by atoms with Crippen molar-refractivity contribution in [3.05, 3.63) is 70.4 Å². The van der Waals surface area contributed by atoms with Gasteiger partial charge in [0, 0.05) is 54.6 Å². The summed E-state index contributed by atoms with van der Waals surface area (Å²) in [7, 11) is 0. The minimum Gasteiger partial charge on any atom is -0.424 e. The summed E-state index contributed by atoms with van der Waals surface area (Å²) in [6.45, 7) is 1.73. The van der Waals surface area contributed by atoms with Crippen LogP contribution >= 0.6 is 0 Å². The highest BCUT2D eigenvalue weighted by molar-refractivity contribution is 5.58. The Labute approximate surface area is 218 Å². The Kier molecular flexibility index (Phi) is 7.55. The molecule has 2 fully saturated rings. The minimum atomic E-state index is -4.38. The molecule has 3 atom stereocenters. The number of non-ortho nitro benzene ring substituents is 1. The molecule has 2 aromatic carbocycles. The summed E-state index contributed by atoms with van der Waals surface area (Å²) in [4.78, 5) is 17.2. The van der Waals surface area contributed by atoms with E-state index in [0.29, 0.717) is 17.3 Å². The van der Waals surface area contributed by atoms with E-state index in [0.717, 1.165) is 69.4 Å². The standard InChI is InChI=1S/C27H30F3N5O3/c28-27(29,30)19-9-7-18(8-10-19)25-16-31-26(38-25)33-24-6-2-1-5-23(24)32-20-4-3-15-34(17-20)21-11-13-22(14-12-21)35(36)37/h7-14,16,20,23-24,32H,1-6,15,17H2,(H,31,33)/t20-,23?,24?/m0/s1.